The van der Waals surface area contributed by atoms with E-state index in [9.17, 15) is 8.42 Å². The van der Waals surface area contributed by atoms with Crippen LogP contribution in [-0.2, 0) is 10.0 Å². The van der Waals surface area contributed by atoms with Gasteiger partial charge in [-0.1, -0.05) is 6.07 Å². The van der Waals surface area contributed by atoms with E-state index in [1.54, 1.807) is 17.5 Å². The molecule has 6 heteroatoms. The van der Waals surface area contributed by atoms with Crippen LogP contribution >= 0.6 is 11.3 Å². The molecule has 0 amide bonds. The van der Waals surface area contributed by atoms with Crippen molar-refractivity contribution in [3.05, 3.63) is 40.8 Å². The Kier molecular flexibility index (Phi) is 3.32. The van der Waals surface area contributed by atoms with Crippen molar-refractivity contribution in [3.63, 3.8) is 0 Å². The highest BCUT2D eigenvalue weighted by Gasteiger charge is 2.16. The predicted octanol–water partition coefficient (Wildman–Crippen LogP) is 2.75. The first-order valence-electron chi connectivity index (χ1n) is 5.32. The first kappa shape index (κ1) is 12.9. The summed E-state index contributed by atoms with van der Waals surface area (Å²) in [5.74, 6) is 0. The van der Waals surface area contributed by atoms with Crippen LogP contribution in [0.4, 0.5) is 11.4 Å². The summed E-state index contributed by atoms with van der Waals surface area (Å²) in [4.78, 5) is 0. The van der Waals surface area contributed by atoms with Gasteiger partial charge in [-0.25, -0.2) is 8.42 Å². The number of rotatable bonds is 3. The summed E-state index contributed by atoms with van der Waals surface area (Å²) in [6.07, 6.45) is 0. The van der Waals surface area contributed by atoms with Crippen LogP contribution in [0.25, 0.3) is 0 Å². The molecular weight excluding hydrogens is 268 g/mol. The smallest absolute Gasteiger partial charge is 0.271 e. The normalized spacial score (nSPS) is 11.4. The fraction of sp³-hybridized carbons (Fsp3) is 0.167. The van der Waals surface area contributed by atoms with E-state index in [4.69, 9.17) is 5.73 Å². The minimum absolute atomic E-state index is 0.221. The molecule has 0 bridgehead atoms. The van der Waals surface area contributed by atoms with Crippen LogP contribution in [0.5, 0.6) is 0 Å². The Labute approximate surface area is 111 Å². The minimum Gasteiger partial charge on any atom is -0.398 e. The number of aryl methyl sites for hydroxylation is 2. The number of nitrogens with one attached hydrogen (secondary N) is 1. The van der Waals surface area contributed by atoms with Crippen molar-refractivity contribution < 1.29 is 8.42 Å². The van der Waals surface area contributed by atoms with Crippen molar-refractivity contribution in [2.45, 2.75) is 18.1 Å². The Bertz CT molecular complexity index is 655. The molecule has 0 spiro atoms. The summed E-state index contributed by atoms with van der Waals surface area (Å²) in [6.45, 7) is 3.85. The van der Waals surface area contributed by atoms with Gasteiger partial charge in [-0.15, -0.1) is 11.3 Å². The second-order valence-electron chi connectivity index (χ2n) is 4.18. The molecule has 2 rings (SSSR count). The fourth-order valence-corrected chi connectivity index (χ4v) is 3.83. The molecule has 0 aliphatic rings. The van der Waals surface area contributed by atoms with Gasteiger partial charge >= 0.3 is 0 Å². The first-order valence-corrected chi connectivity index (χ1v) is 7.68. The van der Waals surface area contributed by atoms with E-state index in [0.29, 0.717) is 11.4 Å². The number of nitrogen functional groups attached to an aromatic ring is 1. The van der Waals surface area contributed by atoms with Gasteiger partial charge in [0.05, 0.1) is 0 Å². The van der Waals surface area contributed by atoms with Gasteiger partial charge < -0.3 is 5.73 Å². The molecule has 0 aliphatic heterocycles. The molecular formula is C12H14N2O2S2. The Morgan fingerprint density at radius 2 is 1.72 bits per heavy atom. The summed E-state index contributed by atoms with van der Waals surface area (Å²) in [5.41, 5.74) is 8.59. The highest BCUT2D eigenvalue weighted by molar-refractivity contribution is 7.94. The predicted molar refractivity (Wildman–Crippen MR) is 75.5 cm³/mol. The number of hydrogen-bond donors (Lipinski definition) is 2. The molecule has 1 aromatic heterocycles. The third-order valence-corrected chi connectivity index (χ3v) is 5.17. The molecule has 3 N–H and O–H groups in total. The van der Waals surface area contributed by atoms with Crippen LogP contribution in [-0.4, -0.2) is 8.42 Å². The standard InChI is InChI=1S/C12H14N2O2S2/c1-8-3-9(2)5-11(4-8)14-18(15,16)12-6-10(13)7-17-12/h3-7,14H,13H2,1-2H3. The van der Waals surface area contributed by atoms with E-state index >= 15 is 0 Å². The van der Waals surface area contributed by atoms with Crippen molar-refractivity contribution in [2.24, 2.45) is 0 Å². The maximum absolute atomic E-state index is 12.1. The molecule has 18 heavy (non-hydrogen) atoms. The van der Waals surface area contributed by atoms with E-state index in [1.165, 1.54) is 6.07 Å². The SMILES string of the molecule is Cc1cc(C)cc(NS(=O)(=O)c2cc(N)cs2)c1. The zero-order valence-corrected chi connectivity index (χ0v) is 11.7. The first-order chi connectivity index (χ1) is 8.37. The second kappa shape index (κ2) is 4.62. The monoisotopic (exact) mass is 282 g/mol. The van der Waals surface area contributed by atoms with Gasteiger partial charge in [0, 0.05) is 16.8 Å². The highest BCUT2D eigenvalue weighted by Crippen LogP contribution is 2.24. The summed E-state index contributed by atoms with van der Waals surface area (Å²) in [6, 6.07) is 7.03. The molecule has 0 aliphatic carbocycles. The summed E-state index contributed by atoms with van der Waals surface area (Å²) >= 11 is 1.11. The molecule has 0 saturated carbocycles. The molecule has 0 radical (unpaired) electrons. The number of anilines is 2. The highest BCUT2D eigenvalue weighted by atomic mass is 32.2. The lowest BCUT2D eigenvalue weighted by Gasteiger charge is -2.08. The van der Waals surface area contributed by atoms with E-state index in [2.05, 4.69) is 4.72 Å². The van der Waals surface area contributed by atoms with Crippen molar-refractivity contribution in [1.82, 2.24) is 0 Å². The zero-order chi connectivity index (χ0) is 13.3. The van der Waals surface area contributed by atoms with Crippen molar-refractivity contribution in [3.8, 4) is 0 Å². The van der Waals surface area contributed by atoms with Gasteiger partial charge in [0.25, 0.3) is 10.0 Å². The Hall–Kier alpha value is -1.53. The lowest BCUT2D eigenvalue weighted by atomic mass is 10.1. The number of benzene rings is 1. The van der Waals surface area contributed by atoms with E-state index in [-0.39, 0.29) is 4.21 Å². The molecule has 0 unspecified atom stereocenters. The van der Waals surface area contributed by atoms with Crippen LogP contribution in [0.2, 0.25) is 0 Å². The van der Waals surface area contributed by atoms with Gasteiger partial charge in [-0.05, 0) is 43.2 Å². The molecule has 4 nitrogen and oxygen atoms in total. The third-order valence-electron chi connectivity index (χ3n) is 2.33. The zero-order valence-electron chi connectivity index (χ0n) is 10.1. The van der Waals surface area contributed by atoms with Crippen molar-refractivity contribution in [2.75, 3.05) is 10.5 Å². The van der Waals surface area contributed by atoms with Crippen molar-refractivity contribution in [1.29, 1.82) is 0 Å². The molecule has 1 heterocycles. The van der Waals surface area contributed by atoms with Gasteiger partial charge in [-0.2, -0.15) is 0 Å². The number of hydrogen-bond acceptors (Lipinski definition) is 4. The number of thiophene rings is 1. The number of nitrogens with two attached hydrogens (primary N) is 1. The molecule has 96 valence electrons. The summed E-state index contributed by atoms with van der Waals surface area (Å²) in [5, 5.41) is 1.61. The Balaban J connectivity index is 2.33. The topological polar surface area (TPSA) is 72.2 Å². The van der Waals surface area contributed by atoms with E-state index < -0.39 is 10.0 Å². The van der Waals surface area contributed by atoms with Crippen LogP contribution in [0, 0.1) is 13.8 Å². The lowest BCUT2D eigenvalue weighted by molar-refractivity contribution is 0.603. The van der Waals surface area contributed by atoms with Gasteiger partial charge in [0.2, 0.25) is 0 Å². The quantitative estimate of drug-likeness (QED) is 0.909. The van der Waals surface area contributed by atoms with Crippen LogP contribution in [0.15, 0.2) is 33.9 Å². The van der Waals surface area contributed by atoms with Gasteiger partial charge in [-0.3, -0.25) is 4.72 Å². The van der Waals surface area contributed by atoms with Crippen LogP contribution in [0.3, 0.4) is 0 Å². The second-order valence-corrected chi connectivity index (χ2v) is 7.00. The maximum Gasteiger partial charge on any atom is 0.271 e. The average Bonchev–Trinajstić information content (AvgIpc) is 2.62. The summed E-state index contributed by atoms with van der Waals surface area (Å²) < 4.78 is 26.9. The van der Waals surface area contributed by atoms with Gasteiger partial charge in [0.15, 0.2) is 0 Å². The molecule has 0 atom stereocenters. The largest absolute Gasteiger partial charge is 0.398 e. The van der Waals surface area contributed by atoms with Crippen LogP contribution < -0.4 is 10.5 Å². The Morgan fingerprint density at radius 1 is 1.11 bits per heavy atom. The summed E-state index contributed by atoms with van der Waals surface area (Å²) in [7, 11) is -3.54. The molecule has 2 aromatic rings. The van der Waals surface area contributed by atoms with E-state index in [0.717, 1.165) is 22.5 Å². The third kappa shape index (κ3) is 2.83. The fourth-order valence-electron chi connectivity index (χ4n) is 1.71. The molecule has 1 aromatic carbocycles. The average molecular weight is 282 g/mol. The minimum atomic E-state index is -3.54. The lowest BCUT2D eigenvalue weighted by Crippen LogP contribution is -2.11. The van der Waals surface area contributed by atoms with Gasteiger partial charge in [0.1, 0.15) is 4.21 Å². The molecule has 0 saturated heterocycles. The van der Waals surface area contributed by atoms with E-state index in [1.807, 2.05) is 19.9 Å². The number of sulfonamides is 1. The van der Waals surface area contributed by atoms with Crippen molar-refractivity contribution >= 4 is 32.7 Å². The maximum atomic E-state index is 12.1. The molecule has 0 fully saturated rings. The Morgan fingerprint density at radius 3 is 2.22 bits per heavy atom. The van der Waals surface area contributed by atoms with Crippen LogP contribution in [0.1, 0.15) is 11.1 Å².